The van der Waals surface area contributed by atoms with Crippen LogP contribution in [-0.4, -0.2) is 10.8 Å². The van der Waals surface area contributed by atoms with Crippen LogP contribution in [0.4, 0.5) is 0 Å². The normalized spacial score (nSPS) is 11.0. The minimum Gasteiger partial charge on any atom is -0.286 e. The molecule has 3 aromatic carbocycles. The summed E-state index contributed by atoms with van der Waals surface area (Å²) in [6.45, 7) is 0. The van der Waals surface area contributed by atoms with Crippen molar-refractivity contribution in [3.05, 3.63) is 77.3 Å². The maximum atomic E-state index is 12.8. The molecule has 1 aromatic heterocycles. The summed E-state index contributed by atoms with van der Waals surface area (Å²) < 4.78 is 1.04. The lowest BCUT2D eigenvalue weighted by atomic mass is 10.0. The number of nitrogens with zero attached hydrogens (tertiary/aromatic N) is 1. The average molecular weight is 289 g/mol. The zero-order valence-corrected chi connectivity index (χ0v) is 11.9. The van der Waals surface area contributed by atoms with Crippen molar-refractivity contribution in [2.75, 3.05) is 0 Å². The van der Waals surface area contributed by atoms with E-state index in [0.717, 1.165) is 21.0 Å². The largest absolute Gasteiger partial charge is 0.286 e. The first-order valence-corrected chi connectivity index (χ1v) is 7.52. The molecule has 21 heavy (non-hydrogen) atoms. The van der Waals surface area contributed by atoms with E-state index in [4.69, 9.17) is 0 Å². The average Bonchev–Trinajstić information content (AvgIpc) is 2.97. The summed E-state index contributed by atoms with van der Waals surface area (Å²) in [4.78, 5) is 17.2. The Kier molecular flexibility index (Phi) is 2.79. The van der Waals surface area contributed by atoms with E-state index in [1.165, 1.54) is 11.3 Å². The second-order valence-electron chi connectivity index (χ2n) is 4.84. The third kappa shape index (κ3) is 2.03. The van der Waals surface area contributed by atoms with E-state index in [9.17, 15) is 4.79 Å². The van der Waals surface area contributed by atoms with Crippen molar-refractivity contribution in [1.82, 2.24) is 4.98 Å². The van der Waals surface area contributed by atoms with Gasteiger partial charge in [0.15, 0.2) is 5.01 Å². The SMILES string of the molecule is O=C(c1nc2ccccc2s1)c1cccc2ccccc12. The molecule has 0 amide bonds. The van der Waals surface area contributed by atoms with Crippen LogP contribution >= 0.6 is 11.3 Å². The molecule has 0 saturated carbocycles. The van der Waals surface area contributed by atoms with Crippen molar-refractivity contribution in [1.29, 1.82) is 0 Å². The molecule has 1 heterocycles. The number of hydrogen-bond acceptors (Lipinski definition) is 3. The van der Waals surface area contributed by atoms with Gasteiger partial charge in [0.1, 0.15) is 0 Å². The van der Waals surface area contributed by atoms with Gasteiger partial charge in [0.25, 0.3) is 0 Å². The number of hydrogen-bond donors (Lipinski definition) is 0. The second kappa shape index (κ2) is 4.79. The summed E-state index contributed by atoms with van der Waals surface area (Å²) >= 11 is 1.45. The van der Waals surface area contributed by atoms with Gasteiger partial charge in [0.05, 0.1) is 10.2 Å². The predicted octanol–water partition coefficient (Wildman–Crippen LogP) is 4.68. The number of para-hydroxylation sites is 1. The van der Waals surface area contributed by atoms with Crippen LogP contribution in [0.25, 0.3) is 21.0 Å². The Morgan fingerprint density at radius 2 is 1.62 bits per heavy atom. The summed E-state index contributed by atoms with van der Waals surface area (Å²) in [5.41, 5.74) is 1.60. The molecule has 3 heteroatoms. The van der Waals surface area contributed by atoms with Gasteiger partial charge in [0.2, 0.25) is 5.78 Å². The van der Waals surface area contributed by atoms with Gasteiger partial charge in [-0.15, -0.1) is 11.3 Å². The van der Waals surface area contributed by atoms with Crippen molar-refractivity contribution in [2.45, 2.75) is 0 Å². The molecule has 4 rings (SSSR count). The van der Waals surface area contributed by atoms with Gasteiger partial charge in [-0.1, -0.05) is 54.6 Å². The van der Waals surface area contributed by atoms with Gasteiger partial charge in [-0.25, -0.2) is 4.98 Å². The van der Waals surface area contributed by atoms with Gasteiger partial charge < -0.3 is 0 Å². The van der Waals surface area contributed by atoms with Gasteiger partial charge in [0, 0.05) is 5.56 Å². The molecule has 2 nitrogen and oxygen atoms in total. The Labute approximate surface area is 125 Å². The highest BCUT2D eigenvalue weighted by Gasteiger charge is 2.16. The monoisotopic (exact) mass is 289 g/mol. The number of ketones is 1. The van der Waals surface area contributed by atoms with Gasteiger partial charge in [-0.2, -0.15) is 0 Å². The zero-order valence-electron chi connectivity index (χ0n) is 11.1. The Balaban J connectivity index is 1.90. The molecule has 0 aliphatic rings. The Bertz CT molecular complexity index is 933. The maximum Gasteiger partial charge on any atom is 0.222 e. The molecule has 4 aromatic rings. The van der Waals surface area contributed by atoms with Crippen LogP contribution in [0.1, 0.15) is 15.4 Å². The number of carbonyl (C=O) groups excluding carboxylic acids is 1. The van der Waals surface area contributed by atoms with Crippen molar-refractivity contribution in [3.63, 3.8) is 0 Å². The quantitative estimate of drug-likeness (QED) is 0.501. The first kappa shape index (κ1) is 12.2. The first-order valence-electron chi connectivity index (χ1n) is 6.71. The molecule has 100 valence electrons. The molecule has 0 fully saturated rings. The highest BCUT2D eigenvalue weighted by atomic mass is 32.1. The fraction of sp³-hybridized carbons (Fsp3) is 0. The van der Waals surface area contributed by atoms with Crippen LogP contribution < -0.4 is 0 Å². The molecule has 0 spiro atoms. The summed E-state index contributed by atoms with van der Waals surface area (Å²) in [7, 11) is 0. The highest BCUT2D eigenvalue weighted by molar-refractivity contribution is 7.20. The van der Waals surface area contributed by atoms with Crippen molar-refractivity contribution < 1.29 is 4.79 Å². The van der Waals surface area contributed by atoms with Crippen molar-refractivity contribution in [2.24, 2.45) is 0 Å². The molecule has 0 aliphatic heterocycles. The Hall–Kier alpha value is -2.52. The summed E-state index contributed by atoms with van der Waals surface area (Å²) in [6, 6.07) is 21.6. The Morgan fingerprint density at radius 3 is 2.52 bits per heavy atom. The number of carbonyl (C=O) groups is 1. The molecule has 0 saturated heterocycles. The molecular formula is C18H11NOS. The van der Waals surface area contributed by atoms with E-state index < -0.39 is 0 Å². The van der Waals surface area contributed by atoms with Crippen LogP contribution in [0.15, 0.2) is 66.7 Å². The Morgan fingerprint density at radius 1 is 0.857 bits per heavy atom. The molecule has 0 N–H and O–H groups in total. The molecule has 0 bridgehead atoms. The number of fused-ring (bicyclic) bond motifs is 2. The molecule has 0 aliphatic carbocycles. The van der Waals surface area contributed by atoms with E-state index >= 15 is 0 Å². The number of benzene rings is 3. The van der Waals surface area contributed by atoms with Crippen LogP contribution in [0.3, 0.4) is 0 Å². The maximum absolute atomic E-state index is 12.8. The standard InChI is InChI=1S/C18H11NOS/c20-17(18-19-15-10-3-4-11-16(15)21-18)14-9-5-7-12-6-1-2-8-13(12)14/h1-11H. The van der Waals surface area contributed by atoms with Crippen LogP contribution in [-0.2, 0) is 0 Å². The topological polar surface area (TPSA) is 30.0 Å². The van der Waals surface area contributed by atoms with Gasteiger partial charge in [-0.3, -0.25) is 4.79 Å². The van der Waals surface area contributed by atoms with Crippen molar-refractivity contribution in [3.8, 4) is 0 Å². The smallest absolute Gasteiger partial charge is 0.222 e. The lowest BCUT2D eigenvalue weighted by molar-refractivity contribution is 0.104. The fourth-order valence-electron chi connectivity index (χ4n) is 2.51. The van der Waals surface area contributed by atoms with Crippen LogP contribution in [0.2, 0.25) is 0 Å². The fourth-order valence-corrected chi connectivity index (χ4v) is 3.43. The lowest BCUT2D eigenvalue weighted by Gasteiger charge is -2.03. The van der Waals surface area contributed by atoms with Crippen LogP contribution in [0.5, 0.6) is 0 Å². The summed E-state index contributed by atoms with van der Waals surface area (Å²) in [6.07, 6.45) is 0. The molecule has 0 radical (unpaired) electrons. The van der Waals surface area contributed by atoms with E-state index in [1.807, 2.05) is 66.7 Å². The zero-order chi connectivity index (χ0) is 14.2. The van der Waals surface area contributed by atoms with E-state index in [2.05, 4.69) is 4.98 Å². The minimum absolute atomic E-state index is 0.00648. The van der Waals surface area contributed by atoms with E-state index in [-0.39, 0.29) is 5.78 Å². The lowest BCUT2D eigenvalue weighted by Crippen LogP contribution is -2.01. The number of rotatable bonds is 2. The van der Waals surface area contributed by atoms with Crippen molar-refractivity contribution >= 4 is 38.1 Å². The van der Waals surface area contributed by atoms with Crippen LogP contribution in [0, 0.1) is 0 Å². The summed E-state index contributed by atoms with van der Waals surface area (Å²) in [5.74, 6) is -0.00648. The summed E-state index contributed by atoms with van der Waals surface area (Å²) in [5, 5.41) is 2.60. The second-order valence-corrected chi connectivity index (χ2v) is 5.87. The molecule has 0 atom stereocenters. The van der Waals surface area contributed by atoms with E-state index in [0.29, 0.717) is 10.6 Å². The van der Waals surface area contributed by atoms with Gasteiger partial charge >= 0.3 is 0 Å². The highest BCUT2D eigenvalue weighted by Crippen LogP contribution is 2.26. The molecular weight excluding hydrogens is 278 g/mol. The van der Waals surface area contributed by atoms with E-state index in [1.54, 1.807) is 0 Å². The number of thiazole rings is 1. The molecule has 0 unspecified atom stereocenters. The minimum atomic E-state index is -0.00648. The van der Waals surface area contributed by atoms with Gasteiger partial charge in [-0.05, 0) is 22.9 Å². The number of aromatic nitrogens is 1. The first-order chi connectivity index (χ1) is 10.3. The predicted molar refractivity (Wildman–Crippen MR) is 87.0 cm³/mol. The third-order valence-corrected chi connectivity index (χ3v) is 4.56. The third-order valence-electron chi connectivity index (χ3n) is 3.52.